The zero-order valence-electron chi connectivity index (χ0n) is 16.2. The number of rotatable bonds is 8. The van der Waals surface area contributed by atoms with Gasteiger partial charge in [0.05, 0.1) is 38.3 Å². The Morgan fingerprint density at radius 1 is 1.30 bits per heavy atom. The van der Waals surface area contributed by atoms with Crippen molar-refractivity contribution >= 4 is 69.7 Å². The van der Waals surface area contributed by atoms with Crippen LogP contribution in [-0.2, 0) is 25.4 Å². The minimum Gasteiger partial charge on any atom is -0.390 e. The van der Waals surface area contributed by atoms with Crippen molar-refractivity contribution < 1.29 is 23.8 Å². The van der Waals surface area contributed by atoms with Gasteiger partial charge in [0, 0.05) is 15.3 Å². The number of nitrogens with zero attached hydrogens (tertiary/aromatic N) is 4. The molecule has 30 heavy (non-hydrogen) atoms. The number of imidazole rings is 1. The normalized spacial score (nSPS) is 33.2. The molecular formula is C16H22ClIN5O5PS. The summed E-state index contributed by atoms with van der Waals surface area (Å²) in [5.41, 5.74) is 6.01. The van der Waals surface area contributed by atoms with Crippen LogP contribution in [0.1, 0.15) is 19.9 Å². The molecule has 0 aliphatic heterocycles. The van der Waals surface area contributed by atoms with Gasteiger partial charge in [0.2, 0.25) is 5.28 Å². The molecule has 2 aromatic heterocycles. The summed E-state index contributed by atoms with van der Waals surface area (Å²) in [6.45, 7) is 1.53. The van der Waals surface area contributed by atoms with E-state index in [0.29, 0.717) is 24.4 Å². The zero-order valence-corrected chi connectivity index (χ0v) is 20.8. The van der Waals surface area contributed by atoms with Crippen molar-refractivity contribution in [3.8, 4) is 0 Å². The Morgan fingerprint density at radius 2 is 1.97 bits per heavy atom. The summed E-state index contributed by atoms with van der Waals surface area (Å²) < 4.78 is 18.8. The molecule has 14 heteroatoms. The fourth-order valence-electron chi connectivity index (χ4n) is 4.35. The Bertz CT molecular complexity index is 1010. The molecule has 2 aromatic rings. The van der Waals surface area contributed by atoms with Crippen molar-refractivity contribution in [2.75, 3.05) is 25.6 Å². The molecule has 6 atom stereocenters. The summed E-state index contributed by atoms with van der Waals surface area (Å²) in [5, 5.41) is 21.9. The van der Waals surface area contributed by atoms with E-state index in [9.17, 15) is 10.2 Å². The molecule has 10 nitrogen and oxygen atoms in total. The van der Waals surface area contributed by atoms with Crippen molar-refractivity contribution in [2.24, 2.45) is 11.3 Å². The molecule has 0 amide bonds. The van der Waals surface area contributed by atoms with E-state index in [-0.39, 0.29) is 27.6 Å². The number of hydrogen-bond donors (Lipinski definition) is 3. The Labute approximate surface area is 196 Å². The molecule has 2 aliphatic rings. The molecule has 0 bridgehead atoms. The van der Waals surface area contributed by atoms with Crippen LogP contribution in [0.3, 0.4) is 0 Å². The molecule has 2 saturated carbocycles. The Kier molecular flexibility index (Phi) is 6.37. The van der Waals surface area contributed by atoms with Gasteiger partial charge in [0.15, 0.2) is 11.5 Å². The lowest BCUT2D eigenvalue weighted by atomic mass is 10.0. The maximum atomic E-state index is 11.0. The first kappa shape index (κ1) is 23.0. The molecular weight excluding hydrogens is 568 g/mol. The summed E-state index contributed by atoms with van der Waals surface area (Å²) in [7, 11) is 0. The molecule has 166 valence electrons. The summed E-state index contributed by atoms with van der Waals surface area (Å²) >= 11 is 13.7. The second kappa shape index (κ2) is 8.31. The van der Waals surface area contributed by atoms with Crippen LogP contribution in [0.5, 0.6) is 0 Å². The van der Waals surface area contributed by atoms with Gasteiger partial charge in [-0.05, 0) is 37.3 Å². The van der Waals surface area contributed by atoms with E-state index in [2.05, 4.69) is 37.5 Å². The van der Waals surface area contributed by atoms with Crippen LogP contribution in [-0.4, -0.2) is 65.7 Å². The molecule has 2 heterocycles. The highest BCUT2D eigenvalue weighted by atomic mass is 127. The van der Waals surface area contributed by atoms with E-state index in [1.165, 1.54) is 6.33 Å². The van der Waals surface area contributed by atoms with Gasteiger partial charge in [-0.3, -0.25) is 0 Å². The van der Waals surface area contributed by atoms with Crippen molar-refractivity contribution in [1.82, 2.24) is 19.5 Å². The largest absolute Gasteiger partial charge is 0.390 e. The lowest BCUT2D eigenvalue weighted by molar-refractivity contribution is -0.0275. The summed E-state index contributed by atoms with van der Waals surface area (Å²) in [4.78, 5) is 12.4. The van der Waals surface area contributed by atoms with Crippen molar-refractivity contribution in [2.45, 2.75) is 36.0 Å². The summed E-state index contributed by atoms with van der Waals surface area (Å²) in [6.07, 6.45) is -0.557. The van der Waals surface area contributed by atoms with E-state index < -0.39 is 30.4 Å². The molecule has 2 fully saturated rings. The van der Waals surface area contributed by atoms with Crippen LogP contribution in [0.25, 0.3) is 11.2 Å². The quantitative estimate of drug-likeness (QED) is 0.182. The highest BCUT2D eigenvalue weighted by Crippen LogP contribution is 2.72. The number of nitrogens with two attached hydrogens (primary N) is 1. The number of halogens is 2. The molecule has 4 N–H and O–H groups in total. The lowest BCUT2D eigenvalue weighted by Crippen LogP contribution is -2.38. The van der Waals surface area contributed by atoms with Gasteiger partial charge < -0.3 is 34.1 Å². The third-order valence-corrected chi connectivity index (χ3v) is 10.4. The number of aromatic nitrogens is 4. The van der Waals surface area contributed by atoms with Gasteiger partial charge in [0.1, 0.15) is 11.6 Å². The first-order valence-corrected chi connectivity index (χ1v) is 13.6. The number of hydrogen-bond acceptors (Lipinski definition) is 10. The maximum absolute atomic E-state index is 11.0. The predicted molar refractivity (Wildman–Crippen MR) is 123 cm³/mol. The fourth-order valence-corrected chi connectivity index (χ4v) is 8.41. The minimum absolute atomic E-state index is 0.0136. The van der Waals surface area contributed by atoms with Crippen molar-refractivity contribution in [3.05, 3.63) is 11.6 Å². The van der Waals surface area contributed by atoms with Gasteiger partial charge in [0.25, 0.3) is 0 Å². The van der Waals surface area contributed by atoms with E-state index >= 15 is 0 Å². The average molecular weight is 590 g/mol. The first-order chi connectivity index (χ1) is 14.2. The van der Waals surface area contributed by atoms with Crippen molar-refractivity contribution in [3.63, 3.8) is 0 Å². The number of nitrogen functional groups attached to an aromatic ring is 1. The molecule has 0 radical (unpaired) electrons. The molecule has 0 spiro atoms. The fraction of sp³-hybridized carbons (Fsp3) is 0.688. The smallest absolute Gasteiger partial charge is 0.327 e. The molecule has 4 rings (SSSR count). The van der Waals surface area contributed by atoms with Crippen LogP contribution in [0.15, 0.2) is 6.33 Å². The average Bonchev–Trinajstić information content (AvgIpc) is 2.95. The highest BCUT2D eigenvalue weighted by Gasteiger charge is 2.78. The molecule has 0 aromatic carbocycles. The number of aliphatic hydroxyl groups is 2. The second-order valence-electron chi connectivity index (χ2n) is 7.22. The molecule has 2 aliphatic carbocycles. The predicted octanol–water partition coefficient (Wildman–Crippen LogP) is 2.07. The third kappa shape index (κ3) is 3.48. The lowest BCUT2D eigenvalue weighted by Gasteiger charge is -2.27. The first-order valence-electron chi connectivity index (χ1n) is 9.39. The number of aliphatic hydroxyl groups excluding tert-OH is 2. The van der Waals surface area contributed by atoms with E-state index in [0.717, 1.165) is 0 Å². The standard InChI is InChI=1S/C16H22ClIN5O5PS/c1-3-26-29(30,27-4-2)28-5-16-7(11(16)18)9(10(24)12(16)25)23-6-20-8-13(19)21-15(17)22-14(8)23/h6-7,9-12,24-25H,3-5H2,1-2H3,(H2,19,21,22)/t7-,9+,10-,11?,12-,16+/m0/s1. The van der Waals surface area contributed by atoms with E-state index in [1.54, 1.807) is 4.57 Å². The van der Waals surface area contributed by atoms with Gasteiger partial charge in [-0.15, -0.1) is 0 Å². The van der Waals surface area contributed by atoms with Gasteiger partial charge in [-0.2, -0.15) is 9.97 Å². The Morgan fingerprint density at radius 3 is 2.60 bits per heavy atom. The van der Waals surface area contributed by atoms with E-state index in [4.69, 9.17) is 42.7 Å². The number of anilines is 1. The van der Waals surface area contributed by atoms with Gasteiger partial charge >= 0.3 is 6.72 Å². The van der Waals surface area contributed by atoms with Crippen LogP contribution in [0.4, 0.5) is 5.82 Å². The molecule has 1 unspecified atom stereocenters. The SMILES string of the molecule is CCOP(=S)(OCC)OC[C@]12C(I)[C@@H]1[C@@H](n1cnc3c(N)nc(Cl)nc31)[C@H](O)[C@@H]2O. The van der Waals surface area contributed by atoms with Crippen molar-refractivity contribution in [1.29, 1.82) is 0 Å². The number of alkyl halides is 1. The van der Waals surface area contributed by atoms with Crippen LogP contribution in [0, 0.1) is 11.3 Å². The van der Waals surface area contributed by atoms with Gasteiger partial charge in [-0.25, -0.2) is 4.98 Å². The van der Waals surface area contributed by atoms with Gasteiger partial charge in [-0.1, -0.05) is 22.6 Å². The monoisotopic (exact) mass is 589 g/mol. The minimum atomic E-state index is -2.93. The maximum Gasteiger partial charge on any atom is 0.327 e. The molecule has 0 saturated heterocycles. The summed E-state index contributed by atoms with van der Waals surface area (Å²) in [5.74, 6) is 0.0458. The Balaban J connectivity index is 1.65. The number of fused-ring (bicyclic) bond motifs is 2. The second-order valence-corrected chi connectivity index (χ2v) is 11.9. The van der Waals surface area contributed by atoms with Crippen LogP contribution in [0.2, 0.25) is 5.28 Å². The van der Waals surface area contributed by atoms with E-state index in [1.807, 2.05) is 13.8 Å². The summed E-state index contributed by atoms with van der Waals surface area (Å²) in [6, 6.07) is -0.488. The third-order valence-electron chi connectivity index (χ3n) is 5.72. The van der Waals surface area contributed by atoms with Crippen LogP contribution >= 0.6 is 40.9 Å². The zero-order chi connectivity index (χ0) is 21.8. The Hall–Kier alpha value is -0.180. The highest BCUT2D eigenvalue weighted by molar-refractivity contribution is 14.1. The topological polar surface area (TPSA) is 138 Å². The van der Waals surface area contributed by atoms with Crippen LogP contribution < -0.4 is 5.73 Å².